The van der Waals surface area contributed by atoms with E-state index in [0.717, 1.165) is 0 Å². The maximum atomic E-state index is 11.4. The first-order chi connectivity index (χ1) is 7.22. The first-order valence-corrected chi connectivity index (χ1v) is 4.46. The number of imide groups is 1. The van der Waals surface area contributed by atoms with Gasteiger partial charge in [0.15, 0.2) is 0 Å². The summed E-state index contributed by atoms with van der Waals surface area (Å²) in [4.78, 5) is 22.4. The van der Waals surface area contributed by atoms with E-state index >= 15 is 0 Å². The first kappa shape index (κ1) is 9.51. The smallest absolute Gasteiger partial charge is 0.322 e. The van der Waals surface area contributed by atoms with E-state index in [9.17, 15) is 9.59 Å². The lowest BCUT2D eigenvalue weighted by atomic mass is 10.1. The van der Waals surface area contributed by atoms with Crippen LogP contribution in [0.25, 0.3) is 0 Å². The van der Waals surface area contributed by atoms with Crippen molar-refractivity contribution in [1.29, 1.82) is 0 Å². The highest BCUT2D eigenvalue weighted by atomic mass is 16.5. The summed E-state index contributed by atoms with van der Waals surface area (Å²) in [6.45, 7) is 0. The van der Waals surface area contributed by atoms with E-state index < -0.39 is 12.1 Å². The largest absolute Gasteiger partial charge is 0.496 e. The molecule has 3 amide bonds. The summed E-state index contributed by atoms with van der Waals surface area (Å²) in [7, 11) is 1.52. The Morgan fingerprint density at radius 2 is 2.00 bits per heavy atom. The normalized spacial score (nSPS) is 19.7. The third-order valence-corrected chi connectivity index (χ3v) is 2.22. The number of ether oxygens (including phenoxy) is 1. The van der Waals surface area contributed by atoms with Gasteiger partial charge in [0.2, 0.25) is 0 Å². The number of urea groups is 1. The standard InChI is InChI=1S/C10H10N2O3/c1-15-7-5-3-2-4-6(7)8-9(13)12-10(14)11-8/h2-5,8H,1H3,(H2,11,12,13,14)/t8-/m0/s1. The molecule has 1 fully saturated rings. The second kappa shape index (κ2) is 3.61. The Kier molecular flexibility index (Phi) is 2.29. The summed E-state index contributed by atoms with van der Waals surface area (Å²) < 4.78 is 5.11. The molecule has 0 spiro atoms. The number of benzene rings is 1. The number of carbonyl (C=O) groups is 2. The van der Waals surface area contributed by atoms with Crippen molar-refractivity contribution in [3.8, 4) is 5.75 Å². The second-order valence-electron chi connectivity index (χ2n) is 3.14. The molecule has 5 nitrogen and oxygen atoms in total. The van der Waals surface area contributed by atoms with Gasteiger partial charge in [0.25, 0.3) is 5.91 Å². The van der Waals surface area contributed by atoms with Crippen molar-refractivity contribution in [2.24, 2.45) is 0 Å². The highest BCUT2D eigenvalue weighted by Gasteiger charge is 2.32. The third kappa shape index (κ3) is 1.63. The predicted molar refractivity (Wildman–Crippen MR) is 52.4 cm³/mol. The van der Waals surface area contributed by atoms with E-state index in [4.69, 9.17) is 4.74 Å². The van der Waals surface area contributed by atoms with Gasteiger partial charge < -0.3 is 10.1 Å². The topological polar surface area (TPSA) is 67.4 Å². The minimum Gasteiger partial charge on any atom is -0.496 e. The maximum absolute atomic E-state index is 11.4. The average Bonchev–Trinajstić information content (AvgIpc) is 2.57. The number of rotatable bonds is 2. The van der Waals surface area contributed by atoms with Crippen LogP contribution in [0, 0.1) is 0 Å². The number of para-hydroxylation sites is 1. The molecule has 1 atom stereocenters. The van der Waals surface area contributed by atoms with Gasteiger partial charge in [-0.2, -0.15) is 0 Å². The van der Waals surface area contributed by atoms with E-state index in [1.54, 1.807) is 24.3 Å². The minimum absolute atomic E-state index is 0.357. The van der Waals surface area contributed by atoms with Crippen LogP contribution >= 0.6 is 0 Å². The summed E-state index contributed by atoms with van der Waals surface area (Å²) in [5.74, 6) is 0.226. The fourth-order valence-corrected chi connectivity index (χ4v) is 1.54. The van der Waals surface area contributed by atoms with Gasteiger partial charge in [-0.25, -0.2) is 4.79 Å². The van der Waals surface area contributed by atoms with Gasteiger partial charge in [-0.1, -0.05) is 18.2 Å². The SMILES string of the molecule is COc1ccccc1[C@@H]1NC(=O)NC1=O. The molecule has 15 heavy (non-hydrogen) atoms. The van der Waals surface area contributed by atoms with Crippen molar-refractivity contribution >= 4 is 11.9 Å². The lowest BCUT2D eigenvalue weighted by Gasteiger charge is -2.11. The molecule has 1 saturated heterocycles. The predicted octanol–water partition coefficient (Wildman–Crippen LogP) is 0.576. The fourth-order valence-electron chi connectivity index (χ4n) is 1.54. The van der Waals surface area contributed by atoms with Crippen LogP contribution in [0.2, 0.25) is 0 Å². The maximum Gasteiger partial charge on any atom is 0.322 e. The molecule has 1 aromatic rings. The highest BCUT2D eigenvalue weighted by molar-refractivity contribution is 6.04. The Balaban J connectivity index is 2.37. The molecule has 78 valence electrons. The molecule has 0 saturated carbocycles. The summed E-state index contributed by atoms with van der Waals surface area (Å²) >= 11 is 0. The van der Waals surface area contributed by atoms with Gasteiger partial charge in [-0.15, -0.1) is 0 Å². The summed E-state index contributed by atoms with van der Waals surface area (Å²) in [6, 6.07) is 5.94. The van der Waals surface area contributed by atoms with Gasteiger partial charge in [-0.3, -0.25) is 10.1 Å². The van der Waals surface area contributed by atoms with E-state index in [0.29, 0.717) is 11.3 Å². The van der Waals surface area contributed by atoms with Gasteiger partial charge in [0, 0.05) is 5.56 Å². The van der Waals surface area contributed by atoms with E-state index in [2.05, 4.69) is 10.6 Å². The van der Waals surface area contributed by atoms with Crippen molar-refractivity contribution in [2.45, 2.75) is 6.04 Å². The molecule has 1 aliphatic heterocycles. The number of amides is 3. The quantitative estimate of drug-likeness (QED) is 0.695. The average molecular weight is 206 g/mol. The highest BCUT2D eigenvalue weighted by Crippen LogP contribution is 2.26. The van der Waals surface area contributed by atoms with Crippen molar-refractivity contribution in [3.63, 3.8) is 0 Å². The minimum atomic E-state index is -0.659. The molecule has 1 aromatic carbocycles. The monoisotopic (exact) mass is 206 g/mol. The van der Waals surface area contributed by atoms with Gasteiger partial charge in [0.05, 0.1) is 7.11 Å². The Labute approximate surface area is 86.4 Å². The van der Waals surface area contributed by atoms with Crippen molar-refractivity contribution < 1.29 is 14.3 Å². The first-order valence-electron chi connectivity index (χ1n) is 4.46. The number of nitrogens with one attached hydrogen (secondary N) is 2. The molecular formula is C10H10N2O3. The summed E-state index contributed by atoms with van der Waals surface area (Å²) in [6.07, 6.45) is 0. The number of hydrogen-bond donors (Lipinski definition) is 2. The van der Waals surface area contributed by atoms with Crippen LogP contribution in [0.4, 0.5) is 4.79 Å². The van der Waals surface area contributed by atoms with Gasteiger partial charge in [0.1, 0.15) is 11.8 Å². The Morgan fingerprint density at radius 3 is 2.60 bits per heavy atom. The molecule has 1 heterocycles. The molecule has 0 aliphatic carbocycles. The van der Waals surface area contributed by atoms with Crippen LogP contribution in [0.3, 0.4) is 0 Å². The number of hydrogen-bond acceptors (Lipinski definition) is 3. The van der Waals surface area contributed by atoms with Crippen LogP contribution in [0.5, 0.6) is 5.75 Å². The molecule has 1 aliphatic rings. The molecule has 0 radical (unpaired) electrons. The van der Waals surface area contributed by atoms with Crippen LogP contribution < -0.4 is 15.4 Å². The number of methoxy groups -OCH3 is 1. The zero-order valence-corrected chi connectivity index (χ0v) is 8.11. The van der Waals surface area contributed by atoms with Crippen molar-refractivity contribution in [3.05, 3.63) is 29.8 Å². The molecule has 0 unspecified atom stereocenters. The third-order valence-electron chi connectivity index (χ3n) is 2.22. The Bertz CT molecular complexity index is 417. The molecule has 5 heteroatoms. The molecule has 2 N–H and O–H groups in total. The van der Waals surface area contributed by atoms with Crippen LogP contribution in [0.1, 0.15) is 11.6 Å². The molecular weight excluding hydrogens is 196 g/mol. The zero-order chi connectivity index (χ0) is 10.8. The van der Waals surface area contributed by atoms with Crippen molar-refractivity contribution in [2.75, 3.05) is 7.11 Å². The Morgan fingerprint density at radius 1 is 1.27 bits per heavy atom. The summed E-state index contributed by atoms with van der Waals surface area (Å²) in [5, 5.41) is 4.69. The molecule has 2 rings (SSSR count). The van der Waals surface area contributed by atoms with Gasteiger partial charge >= 0.3 is 6.03 Å². The Hall–Kier alpha value is -2.04. The molecule has 0 bridgehead atoms. The van der Waals surface area contributed by atoms with E-state index in [1.165, 1.54) is 7.11 Å². The summed E-state index contributed by atoms with van der Waals surface area (Å²) in [5.41, 5.74) is 0.656. The van der Waals surface area contributed by atoms with E-state index in [1.807, 2.05) is 0 Å². The molecule has 0 aromatic heterocycles. The lowest BCUT2D eigenvalue weighted by Crippen LogP contribution is -2.22. The fraction of sp³-hybridized carbons (Fsp3) is 0.200. The van der Waals surface area contributed by atoms with Gasteiger partial charge in [-0.05, 0) is 6.07 Å². The van der Waals surface area contributed by atoms with Crippen LogP contribution in [-0.2, 0) is 4.79 Å². The van der Waals surface area contributed by atoms with Crippen LogP contribution in [0.15, 0.2) is 24.3 Å². The second-order valence-corrected chi connectivity index (χ2v) is 3.14. The van der Waals surface area contributed by atoms with E-state index in [-0.39, 0.29) is 5.91 Å². The van der Waals surface area contributed by atoms with Crippen LogP contribution in [-0.4, -0.2) is 19.0 Å². The zero-order valence-electron chi connectivity index (χ0n) is 8.11. The lowest BCUT2D eigenvalue weighted by molar-refractivity contribution is -0.120. The number of carbonyl (C=O) groups excluding carboxylic acids is 2. The van der Waals surface area contributed by atoms with Crippen molar-refractivity contribution in [1.82, 2.24) is 10.6 Å².